The monoisotopic (exact) mass is 458 g/mol. The Hall–Kier alpha value is -1.46. The van der Waals surface area contributed by atoms with Gasteiger partial charge in [0.05, 0.1) is 19.3 Å². The summed E-state index contributed by atoms with van der Waals surface area (Å²) in [6, 6.07) is 10.2. The summed E-state index contributed by atoms with van der Waals surface area (Å²) in [5.74, 6) is 0.625. The van der Waals surface area contributed by atoms with Crippen molar-refractivity contribution in [3.8, 4) is 0 Å². The number of benzene rings is 1. The first-order valence-electron chi connectivity index (χ1n) is 11.9. The van der Waals surface area contributed by atoms with E-state index in [0.717, 1.165) is 18.6 Å². The Bertz CT molecular complexity index is 729. The van der Waals surface area contributed by atoms with Gasteiger partial charge in [-0.15, -0.1) is 0 Å². The normalized spacial score (nSPS) is 16.6. The molecule has 0 saturated carbocycles. The lowest BCUT2D eigenvalue weighted by atomic mass is 9.93. The van der Waals surface area contributed by atoms with E-state index in [9.17, 15) is 5.11 Å². The van der Waals surface area contributed by atoms with Gasteiger partial charge in [-0.3, -0.25) is 0 Å². The number of aliphatic hydroxyl groups is 1. The van der Waals surface area contributed by atoms with Crippen LogP contribution in [0.25, 0.3) is 0 Å². The minimum Gasteiger partial charge on any atom is -0.417 e. The number of rotatable bonds is 13. The lowest BCUT2D eigenvalue weighted by Gasteiger charge is -2.37. The Morgan fingerprint density at radius 2 is 1.75 bits per heavy atom. The highest BCUT2D eigenvalue weighted by molar-refractivity contribution is 6.74. The number of ether oxygens (including phenoxy) is 1. The van der Waals surface area contributed by atoms with Gasteiger partial charge in [0.25, 0.3) is 0 Å². The molecule has 0 aliphatic heterocycles. The standard InChI is InChI=1S/C28H46O3Si/c1-23(18-19-30-22-26-15-10-9-11-16-26)14-12-13-17-27(29)25(3)20-24(2)21-31-32(7,8)28(4,5)6/h9-18,24-25,27,29H,19-22H2,1-8H3/b14-12+,17-13+,23-18+. The summed E-state index contributed by atoms with van der Waals surface area (Å²) in [5, 5.41) is 10.7. The second-order valence-corrected chi connectivity index (χ2v) is 15.4. The first-order valence-corrected chi connectivity index (χ1v) is 14.8. The van der Waals surface area contributed by atoms with Gasteiger partial charge in [0.2, 0.25) is 0 Å². The van der Waals surface area contributed by atoms with Gasteiger partial charge in [-0.05, 0) is 48.9 Å². The van der Waals surface area contributed by atoms with Crippen molar-refractivity contribution in [3.05, 3.63) is 71.8 Å². The molecule has 0 heterocycles. The first-order chi connectivity index (χ1) is 14.9. The zero-order valence-electron chi connectivity index (χ0n) is 21.6. The highest BCUT2D eigenvalue weighted by Crippen LogP contribution is 2.37. The molecular weight excluding hydrogens is 412 g/mol. The third-order valence-electron chi connectivity index (χ3n) is 6.31. The van der Waals surface area contributed by atoms with E-state index in [2.05, 4.69) is 72.8 Å². The van der Waals surface area contributed by atoms with Gasteiger partial charge in [0.1, 0.15) is 0 Å². The molecule has 1 rings (SSSR count). The quantitative estimate of drug-likeness (QED) is 0.191. The van der Waals surface area contributed by atoms with Gasteiger partial charge < -0.3 is 14.3 Å². The fourth-order valence-electron chi connectivity index (χ4n) is 2.99. The average molecular weight is 459 g/mol. The van der Waals surface area contributed by atoms with E-state index in [1.807, 2.05) is 42.5 Å². The minimum atomic E-state index is -1.71. The second-order valence-electron chi connectivity index (χ2n) is 10.6. The summed E-state index contributed by atoms with van der Waals surface area (Å²) >= 11 is 0. The Kier molecular flexibility index (Phi) is 12.4. The van der Waals surface area contributed by atoms with Crippen molar-refractivity contribution in [2.45, 2.75) is 78.8 Å². The summed E-state index contributed by atoms with van der Waals surface area (Å²) < 4.78 is 12.0. The molecule has 0 aromatic heterocycles. The average Bonchev–Trinajstić information content (AvgIpc) is 2.72. The molecule has 3 nitrogen and oxygen atoms in total. The smallest absolute Gasteiger partial charge is 0.191 e. The van der Waals surface area contributed by atoms with E-state index >= 15 is 0 Å². The summed E-state index contributed by atoms with van der Waals surface area (Å²) in [5.41, 5.74) is 2.32. The predicted molar refractivity (Wildman–Crippen MR) is 140 cm³/mol. The maximum absolute atomic E-state index is 10.5. The molecule has 0 aliphatic carbocycles. The van der Waals surface area contributed by atoms with Gasteiger partial charge in [-0.2, -0.15) is 0 Å². The summed E-state index contributed by atoms with van der Waals surface area (Å²) in [6.07, 6.45) is 10.4. The SMILES string of the molecule is CC(/C=C/C=C/C(O)C(C)CC(C)CO[Si](C)(C)C(C)(C)C)=C\COCc1ccccc1. The molecule has 1 aromatic rings. The van der Waals surface area contributed by atoms with Crippen LogP contribution in [0.1, 0.15) is 53.5 Å². The van der Waals surface area contributed by atoms with Gasteiger partial charge in [0, 0.05) is 6.61 Å². The molecule has 0 amide bonds. The molecule has 1 N–H and O–H groups in total. The molecule has 4 heteroatoms. The predicted octanol–water partition coefficient (Wildman–Crippen LogP) is 7.31. The topological polar surface area (TPSA) is 38.7 Å². The Labute approximate surface area is 198 Å². The fraction of sp³-hybridized carbons (Fsp3) is 0.571. The van der Waals surface area contributed by atoms with Gasteiger partial charge in [-0.25, -0.2) is 0 Å². The Morgan fingerprint density at radius 3 is 2.38 bits per heavy atom. The minimum absolute atomic E-state index is 0.195. The van der Waals surface area contributed by atoms with Crippen molar-refractivity contribution in [1.29, 1.82) is 0 Å². The molecule has 180 valence electrons. The van der Waals surface area contributed by atoms with Crippen LogP contribution in [0.4, 0.5) is 0 Å². The van der Waals surface area contributed by atoms with E-state index in [-0.39, 0.29) is 11.0 Å². The van der Waals surface area contributed by atoms with Crippen LogP contribution in [0.15, 0.2) is 66.3 Å². The molecule has 32 heavy (non-hydrogen) atoms. The Morgan fingerprint density at radius 1 is 1.09 bits per heavy atom. The molecule has 0 bridgehead atoms. The van der Waals surface area contributed by atoms with E-state index in [4.69, 9.17) is 9.16 Å². The van der Waals surface area contributed by atoms with Crippen LogP contribution in [-0.2, 0) is 15.8 Å². The van der Waals surface area contributed by atoms with Crippen molar-refractivity contribution in [3.63, 3.8) is 0 Å². The third kappa shape index (κ3) is 11.4. The van der Waals surface area contributed by atoms with Crippen molar-refractivity contribution in [2.24, 2.45) is 11.8 Å². The number of aliphatic hydroxyl groups excluding tert-OH is 1. The summed E-state index contributed by atoms with van der Waals surface area (Å²) in [7, 11) is -1.71. The third-order valence-corrected chi connectivity index (χ3v) is 10.8. The number of allylic oxidation sites excluding steroid dienone is 4. The van der Waals surface area contributed by atoms with E-state index < -0.39 is 14.4 Å². The molecule has 3 atom stereocenters. The number of hydrogen-bond donors (Lipinski definition) is 1. The summed E-state index contributed by atoms with van der Waals surface area (Å²) in [4.78, 5) is 0. The van der Waals surface area contributed by atoms with Crippen LogP contribution in [0, 0.1) is 11.8 Å². The molecule has 3 unspecified atom stereocenters. The van der Waals surface area contributed by atoms with Gasteiger partial charge in [-0.1, -0.05) is 101 Å². The van der Waals surface area contributed by atoms with E-state index in [0.29, 0.717) is 19.1 Å². The Balaban J connectivity index is 2.34. The largest absolute Gasteiger partial charge is 0.417 e. The lowest BCUT2D eigenvalue weighted by molar-refractivity contribution is 0.131. The van der Waals surface area contributed by atoms with Gasteiger partial charge >= 0.3 is 0 Å². The fourth-order valence-corrected chi connectivity index (χ4v) is 4.13. The molecule has 0 radical (unpaired) electrons. The van der Waals surface area contributed by atoms with Crippen molar-refractivity contribution >= 4 is 8.32 Å². The second kappa shape index (κ2) is 13.9. The number of hydrogen-bond acceptors (Lipinski definition) is 3. The van der Waals surface area contributed by atoms with Crippen molar-refractivity contribution < 1.29 is 14.3 Å². The van der Waals surface area contributed by atoms with E-state index in [1.165, 1.54) is 5.56 Å². The van der Waals surface area contributed by atoms with Gasteiger partial charge in [0.15, 0.2) is 8.32 Å². The van der Waals surface area contributed by atoms with Crippen molar-refractivity contribution in [2.75, 3.05) is 13.2 Å². The van der Waals surface area contributed by atoms with Crippen LogP contribution in [0.5, 0.6) is 0 Å². The molecule has 0 fully saturated rings. The van der Waals surface area contributed by atoms with Crippen molar-refractivity contribution in [1.82, 2.24) is 0 Å². The lowest BCUT2D eigenvalue weighted by Crippen LogP contribution is -2.42. The molecular formula is C28H46O3Si. The molecule has 1 aromatic carbocycles. The maximum Gasteiger partial charge on any atom is 0.191 e. The van der Waals surface area contributed by atoms with Crippen LogP contribution < -0.4 is 0 Å². The van der Waals surface area contributed by atoms with Crippen LogP contribution in [0.3, 0.4) is 0 Å². The summed E-state index contributed by atoms with van der Waals surface area (Å²) in [6.45, 7) is 19.7. The van der Waals surface area contributed by atoms with Crippen LogP contribution >= 0.6 is 0 Å². The highest BCUT2D eigenvalue weighted by atomic mass is 28.4. The first kappa shape index (κ1) is 28.6. The molecule has 0 aliphatic rings. The molecule has 0 saturated heterocycles. The van der Waals surface area contributed by atoms with Crippen LogP contribution in [-0.4, -0.2) is 32.7 Å². The molecule has 0 spiro atoms. The zero-order chi connectivity index (χ0) is 24.2. The van der Waals surface area contributed by atoms with Crippen LogP contribution in [0.2, 0.25) is 18.1 Å². The zero-order valence-corrected chi connectivity index (χ0v) is 22.6. The maximum atomic E-state index is 10.5. The van der Waals surface area contributed by atoms with E-state index in [1.54, 1.807) is 0 Å². The highest BCUT2D eigenvalue weighted by Gasteiger charge is 2.37.